The number of halogens is 1. The number of benzene rings is 2. The number of aromatic amines is 1. The number of H-pyrrole nitrogens is 1. The van der Waals surface area contributed by atoms with Crippen LogP contribution in [0.2, 0.25) is 0 Å². The highest BCUT2D eigenvalue weighted by molar-refractivity contribution is 5.89. The van der Waals surface area contributed by atoms with E-state index in [0.717, 1.165) is 28.8 Å². The molecule has 5 nitrogen and oxygen atoms in total. The minimum Gasteiger partial charge on any atom is -0.496 e. The van der Waals surface area contributed by atoms with Crippen molar-refractivity contribution < 1.29 is 13.9 Å². The molecule has 1 N–H and O–H groups in total. The second-order valence-electron chi connectivity index (χ2n) is 8.00. The number of ether oxygens (including phenoxy) is 1. The Hall–Kier alpha value is -3.33. The highest BCUT2D eigenvalue weighted by Gasteiger charge is 2.61. The summed E-state index contributed by atoms with van der Waals surface area (Å²) in [4.78, 5) is 17.4. The number of nitrogens with one attached hydrogen (secondary N) is 1. The van der Waals surface area contributed by atoms with Gasteiger partial charge in [-0.2, -0.15) is 5.26 Å². The topological polar surface area (TPSA) is 69.1 Å². The molecule has 1 fully saturated rings. The van der Waals surface area contributed by atoms with E-state index in [1.807, 2.05) is 17.0 Å². The van der Waals surface area contributed by atoms with Crippen molar-refractivity contribution in [1.29, 1.82) is 5.26 Å². The van der Waals surface area contributed by atoms with Crippen molar-refractivity contribution in [3.63, 3.8) is 0 Å². The van der Waals surface area contributed by atoms with Gasteiger partial charge >= 0.3 is 0 Å². The largest absolute Gasteiger partial charge is 0.496 e. The minimum atomic E-state index is -0.360. The molecule has 0 saturated heterocycles. The maximum atomic E-state index is 14.8. The Labute approximate surface area is 167 Å². The molecule has 1 saturated carbocycles. The van der Waals surface area contributed by atoms with Crippen molar-refractivity contribution in [2.24, 2.45) is 0 Å². The molecule has 1 amide bonds. The molecule has 1 aliphatic carbocycles. The molecule has 2 atom stereocenters. The van der Waals surface area contributed by atoms with Gasteiger partial charge in [-0.15, -0.1) is 0 Å². The lowest BCUT2D eigenvalue weighted by Gasteiger charge is -2.34. The molecule has 2 aromatic carbocycles. The van der Waals surface area contributed by atoms with E-state index in [1.54, 1.807) is 32.2 Å². The highest BCUT2D eigenvalue weighted by Crippen LogP contribution is 2.65. The van der Waals surface area contributed by atoms with E-state index in [4.69, 9.17) is 4.74 Å². The molecule has 2 heterocycles. The van der Waals surface area contributed by atoms with Crippen molar-refractivity contribution in [3.05, 3.63) is 64.6 Å². The van der Waals surface area contributed by atoms with Gasteiger partial charge in [-0.05, 0) is 47.7 Å². The average molecular weight is 389 g/mol. The number of hydrogen-bond acceptors (Lipinski definition) is 3. The fraction of sp³-hybridized carbons (Fsp3) is 0.304. The molecule has 29 heavy (non-hydrogen) atoms. The molecule has 6 heteroatoms. The van der Waals surface area contributed by atoms with Crippen molar-refractivity contribution in [2.45, 2.75) is 31.2 Å². The molecule has 2 unspecified atom stereocenters. The van der Waals surface area contributed by atoms with Gasteiger partial charge in [-0.25, -0.2) is 4.39 Å². The molecule has 2 aliphatic rings. The number of nitriles is 1. The van der Waals surface area contributed by atoms with E-state index in [0.29, 0.717) is 29.8 Å². The molecular weight excluding hydrogens is 369 g/mol. The van der Waals surface area contributed by atoms with Gasteiger partial charge < -0.3 is 14.6 Å². The first kappa shape index (κ1) is 17.7. The van der Waals surface area contributed by atoms with E-state index < -0.39 is 0 Å². The fourth-order valence-electron chi connectivity index (χ4n) is 5.05. The molecular formula is C23H20FN3O2. The number of nitrogens with zero attached hydrogens (tertiary/aromatic N) is 2. The van der Waals surface area contributed by atoms with Crippen LogP contribution in [0.4, 0.5) is 4.39 Å². The van der Waals surface area contributed by atoms with Crippen LogP contribution in [0.1, 0.15) is 41.6 Å². The van der Waals surface area contributed by atoms with Gasteiger partial charge in [0.25, 0.3) is 0 Å². The van der Waals surface area contributed by atoms with Crippen LogP contribution < -0.4 is 4.74 Å². The van der Waals surface area contributed by atoms with Crippen LogP contribution in [0.5, 0.6) is 5.75 Å². The second kappa shape index (κ2) is 6.08. The Bertz CT molecular complexity index is 1210. The second-order valence-corrected chi connectivity index (χ2v) is 8.00. The first-order chi connectivity index (χ1) is 14.0. The van der Waals surface area contributed by atoms with E-state index in [1.165, 1.54) is 6.07 Å². The zero-order chi connectivity index (χ0) is 20.3. The SMILES string of the molecule is COc1cc(C#N)ccc1C1CC12CN(C(C)=O)Cc1[nH]c3cccc(F)c3c12. The number of methoxy groups -OCH3 is 1. The third kappa shape index (κ3) is 2.47. The maximum Gasteiger partial charge on any atom is 0.219 e. The van der Waals surface area contributed by atoms with Crippen LogP contribution in [-0.2, 0) is 16.8 Å². The molecule has 1 aliphatic heterocycles. The molecule has 1 spiro atoms. The number of rotatable bonds is 2. The summed E-state index contributed by atoms with van der Waals surface area (Å²) in [5.74, 6) is 0.511. The van der Waals surface area contributed by atoms with Gasteiger partial charge in [-0.3, -0.25) is 4.79 Å². The first-order valence-electron chi connectivity index (χ1n) is 9.61. The Balaban J connectivity index is 1.70. The van der Waals surface area contributed by atoms with Gasteiger partial charge in [-0.1, -0.05) is 12.1 Å². The number of carbonyl (C=O) groups excluding carboxylic acids is 1. The summed E-state index contributed by atoms with van der Waals surface area (Å²) in [7, 11) is 1.59. The fourth-order valence-corrected chi connectivity index (χ4v) is 5.05. The molecule has 3 aromatic rings. The third-order valence-corrected chi connectivity index (χ3v) is 6.43. The van der Waals surface area contributed by atoms with Crippen molar-refractivity contribution in [3.8, 4) is 11.8 Å². The quantitative estimate of drug-likeness (QED) is 0.721. The van der Waals surface area contributed by atoms with E-state index in [2.05, 4.69) is 11.1 Å². The monoisotopic (exact) mass is 389 g/mol. The normalized spacial score (nSPS) is 22.4. The zero-order valence-electron chi connectivity index (χ0n) is 16.3. The summed E-state index contributed by atoms with van der Waals surface area (Å²) in [6, 6.07) is 12.6. The van der Waals surface area contributed by atoms with Crippen LogP contribution in [0.3, 0.4) is 0 Å². The Morgan fingerprint density at radius 1 is 1.38 bits per heavy atom. The predicted molar refractivity (Wildman–Crippen MR) is 106 cm³/mol. The van der Waals surface area contributed by atoms with E-state index >= 15 is 0 Å². The van der Waals surface area contributed by atoms with Crippen LogP contribution in [0.25, 0.3) is 10.9 Å². The van der Waals surface area contributed by atoms with Crippen LogP contribution >= 0.6 is 0 Å². The van der Waals surface area contributed by atoms with Crippen LogP contribution in [0.15, 0.2) is 36.4 Å². The lowest BCUT2D eigenvalue weighted by Crippen LogP contribution is -2.41. The number of carbonyl (C=O) groups is 1. The van der Waals surface area contributed by atoms with Gasteiger partial charge in [0.15, 0.2) is 0 Å². The average Bonchev–Trinajstić information content (AvgIpc) is 3.26. The van der Waals surface area contributed by atoms with Gasteiger partial charge in [0, 0.05) is 35.5 Å². The first-order valence-corrected chi connectivity index (χ1v) is 9.61. The zero-order valence-corrected chi connectivity index (χ0v) is 16.3. The molecule has 146 valence electrons. The van der Waals surface area contributed by atoms with Crippen LogP contribution in [0, 0.1) is 17.1 Å². The summed E-state index contributed by atoms with van der Waals surface area (Å²) in [5.41, 5.74) is 3.82. The molecule has 1 aromatic heterocycles. The van der Waals surface area contributed by atoms with Gasteiger partial charge in [0.05, 0.1) is 25.3 Å². The summed E-state index contributed by atoms with van der Waals surface area (Å²) in [5, 5.41) is 9.82. The predicted octanol–water partition coefficient (Wildman–Crippen LogP) is 3.97. The third-order valence-electron chi connectivity index (χ3n) is 6.43. The summed E-state index contributed by atoms with van der Waals surface area (Å²) in [6.45, 7) is 2.57. The standard InChI is InChI=1S/C23H20FN3O2/c1-13(28)27-11-19-22(21-17(24)4-3-5-18(21)26-19)23(12-27)9-16(23)15-7-6-14(10-25)8-20(15)29-2/h3-8,16,26H,9,11-12H2,1-2H3. The molecule has 0 bridgehead atoms. The number of hydrogen-bond donors (Lipinski definition) is 1. The van der Waals surface area contributed by atoms with E-state index in [-0.39, 0.29) is 23.1 Å². The highest BCUT2D eigenvalue weighted by atomic mass is 19.1. The van der Waals surface area contributed by atoms with Gasteiger partial charge in [0.1, 0.15) is 11.6 Å². The van der Waals surface area contributed by atoms with Crippen molar-refractivity contribution in [2.75, 3.05) is 13.7 Å². The summed E-state index contributed by atoms with van der Waals surface area (Å²) < 4.78 is 20.4. The van der Waals surface area contributed by atoms with Crippen molar-refractivity contribution >= 4 is 16.8 Å². The Morgan fingerprint density at radius 2 is 2.21 bits per heavy atom. The number of fused-ring (bicyclic) bond motifs is 4. The summed E-state index contributed by atoms with van der Waals surface area (Å²) in [6.07, 6.45) is 0.799. The Kier molecular flexibility index (Phi) is 3.72. The smallest absolute Gasteiger partial charge is 0.219 e. The lowest BCUT2D eigenvalue weighted by molar-refractivity contribution is -0.130. The molecule has 0 radical (unpaired) electrons. The minimum absolute atomic E-state index is 0.00611. The number of amides is 1. The summed E-state index contributed by atoms with van der Waals surface area (Å²) >= 11 is 0. The van der Waals surface area contributed by atoms with Gasteiger partial charge in [0.2, 0.25) is 5.91 Å². The lowest BCUT2D eigenvalue weighted by atomic mass is 9.84. The Morgan fingerprint density at radius 3 is 2.93 bits per heavy atom. The van der Waals surface area contributed by atoms with E-state index in [9.17, 15) is 14.4 Å². The number of aromatic nitrogens is 1. The van der Waals surface area contributed by atoms with Crippen LogP contribution in [-0.4, -0.2) is 29.4 Å². The van der Waals surface area contributed by atoms with Crippen molar-refractivity contribution in [1.82, 2.24) is 9.88 Å². The maximum absolute atomic E-state index is 14.8. The molecule has 5 rings (SSSR count).